The highest BCUT2D eigenvalue weighted by Crippen LogP contribution is 2.05. The van der Waals surface area contributed by atoms with E-state index in [2.05, 4.69) is 4.72 Å². The summed E-state index contributed by atoms with van der Waals surface area (Å²) in [5, 5.41) is 0. The van der Waals surface area contributed by atoms with Gasteiger partial charge in [-0.15, -0.1) is 0 Å². The zero-order valence-electron chi connectivity index (χ0n) is 14.5. The maximum absolute atomic E-state index is 12.0. The van der Waals surface area contributed by atoms with Crippen molar-refractivity contribution in [3.63, 3.8) is 0 Å². The number of hydrogen-bond donors (Lipinski definition) is 1. The summed E-state index contributed by atoms with van der Waals surface area (Å²) in [6, 6.07) is 8.14. The van der Waals surface area contributed by atoms with Crippen molar-refractivity contribution in [2.45, 2.75) is 38.7 Å². The topological polar surface area (TPSA) is 98.8 Å². The maximum atomic E-state index is 12.0. The number of benzene rings is 1. The Bertz CT molecular complexity index is 697. The van der Waals surface area contributed by atoms with E-state index in [1.807, 2.05) is 0 Å². The summed E-state index contributed by atoms with van der Waals surface area (Å²) in [4.78, 5) is 22.7. The van der Waals surface area contributed by atoms with E-state index in [0.29, 0.717) is 5.56 Å². The van der Waals surface area contributed by atoms with Gasteiger partial charge >= 0.3 is 11.9 Å². The first-order chi connectivity index (χ1) is 11.7. The van der Waals surface area contributed by atoms with Gasteiger partial charge in [-0.25, -0.2) is 22.7 Å². The van der Waals surface area contributed by atoms with Crippen molar-refractivity contribution >= 4 is 22.0 Å². The smallest absolute Gasteiger partial charge is 0.331 e. The van der Waals surface area contributed by atoms with Crippen LogP contribution in [0.15, 0.2) is 42.5 Å². The summed E-state index contributed by atoms with van der Waals surface area (Å²) >= 11 is 0. The molecule has 0 saturated heterocycles. The second-order valence-corrected chi connectivity index (χ2v) is 7.47. The molecule has 1 atom stereocenters. The lowest BCUT2D eigenvalue weighted by Crippen LogP contribution is -2.37. The third kappa shape index (κ3) is 9.63. The standard InChI is InChI=1S/C17H23NO6S/c1-13(2)24-17(20)10-9-16(19)23-11-14(3)18-25(21,22)12-15-7-5-4-6-8-15/h4-10,13-14,18H,11-12H2,1-3H3/b10-9+. The van der Waals surface area contributed by atoms with Gasteiger partial charge in [-0.1, -0.05) is 30.3 Å². The van der Waals surface area contributed by atoms with Crippen molar-refractivity contribution in [1.29, 1.82) is 0 Å². The van der Waals surface area contributed by atoms with Crippen LogP contribution >= 0.6 is 0 Å². The Morgan fingerprint density at radius 3 is 2.28 bits per heavy atom. The molecule has 138 valence electrons. The van der Waals surface area contributed by atoms with Crippen LogP contribution in [0, 0.1) is 0 Å². The van der Waals surface area contributed by atoms with Crippen LogP contribution in [-0.2, 0) is 34.8 Å². The molecule has 0 aliphatic heterocycles. The van der Waals surface area contributed by atoms with Crippen LogP contribution in [0.25, 0.3) is 0 Å². The van der Waals surface area contributed by atoms with Gasteiger partial charge in [0.25, 0.3) is 0 Å². The van der Waals surface area contributed by atoms with Crippen molar-refractivity contribution in [3.05, 3.63) is 48.0 Å². The summed E-state index contributed by atoms with van der Waals surface area (Å²) in [7, 11) is -3.55. The second-order valence-electron chi connectivity index (χ2n) is 5.71. The molecule has 0 aliphatic rings. The minimum Gasteiger partial charge on any atom is -0.461 e. The molecule has 1 N–H and O–H groups in total. The molecule has 0 fully saturated rings. The number of esters is 2. The highest BCUT2D eigenvalue weighted by molar-refractivity contribution is 7.88. The zero-order chi connectivity index (χ0) is 18.9. The normalized spacial score (nSPS) is 13.0. The molecule has 1 aromatic rings. The fraction of sp³-hybridized carbons (Fsp3) is 0.412. The molecular weight excluding hydrogens is 346 g/mol. The minimum atomic E-state index is -3.55. The van der Waals surface area contributed by atoms with E-state index < -0.39 is 28.0 Å². The SMILES string of the molecule is CC(COC(=O)/C=C/C(=O)OC(C)C)NS(=O)(=O)Cc1ccccc1. The number of ether oxygens (including phenoxy) is 2. The van der Waals surface area contributed by atoms with Crippen molar-refractivity contribution in [2.24, 2.45) is 0 Å². The first-order valence-electron chi connectivity index (χ1n) is 7.77. The molecule has 0 amide bonds. The first kappa shape index (κ1) is 20.9. The van der Waals surface area contributed by atoms with Crippen LogP contribution in [0.1, 0.15) is 26.3 Å². The van der Waals surface area contributed by atoms with Gasteiger partial charge in [0.15, 0.2) is 0 Å². The van der Waals surface area contributed by atoms with E-state index >= 15 is 0 Å². The molecule has 0 heterocycles. The van der Waals surface area contributed by atoms with Crippen LogP contribution in [0.2, 0.25) is 0 Å². The third-order valence-electron chi connectivity index (χ3n) is 2.76. The molecule has 0 bridgehead atoms. The molecule has 1 aromatic carbocycles. The number of rotatable bonds is 9. The molecule has 0 spiro atoms. The number of nitrogens with one attached hydrogen (secondary N) is 1. The summed E-state index contributed by atoms with van der Waals surface area (Å²) in [5.74, 6) is -1.56. The van der Waals surface area contributed by atoms with Crippen molar-refractivity contribution < 1.29 is 27.5 Å². The van der Waals surface area contributed by atoms with Gasteiger partial charge in [-0.2, -0.15) is 0 Å². The Labute approximate surface area is 148 Å². The van der Waals surface area contributed by atoms with Crippen LogP contribution in [-0.4, -0.2) is 39.1 Å². The number of carbonyl (C=O) groups is 2. The minimum absolute atomic E-state index is 0.156. The van der Waals surface area contributed by atoms with Crippen molar-refractivity contribution in [1.82, 2.24) is 4.72 Å². The van der Waals surface area contributed by atoms with E-state index in [1.54, 1.807) is 51.1 Å². The van der Waals surface area contributed by atoms with Crippen molar-refractivity contribution in [2.75, 3.05) is 6.61 Å². The third-order valence-corrected chi connectivity index (χ3v) is 4.24. The molecular formula is C17H23NO6S. The average Bonchev–Trinajstić information content (AvgIpc) is 2.50. The largest absolute Gasteiger partial charge is 0.461 e. The lowest BCUT2D eigenvalue weighted by atomic mass is 10.2. The lowest BCUT2D eigenvalue weighted by Gasteiger charge is -2.14. The summed E-state index contributed by atoms with van der Waals surface area (Å²) in [6.07, 6.45) is 1.62. The molecule has 0 radical (unpaired) electrons. The molecule has 25 heavy (non-hydrogen) atoms. The van der Waals surface area contributed by atoms with E-state index in [4.69, 9.17) is 9.47 Å². The van der Waals surface area contributed by atoms with Crippen LogP contribution in [0.5, 0.6) is 0 Å². The quantitative estimate of drug-likeness (QED) is 0.524. The van der Waals surface area contributed by atoms with Crippen LogP contribution < -0.4 is 4.72 Å². The highest BCUT2D eigenvalue weighted by atomic mass is 32.2. The second kappa shape index (κ2) is 9.95. The van der Waals surface area contributed by atoms with E-state index in [0.717, 1.165) is 12.2 Å². The van der Waals surface area contributed by atoms with Gasteiger partial charge < -0.3 is 9.47 Å². The Morgan fingerprint density at radius 1 is 1.08 bits per heavy atom. The molecule has 1 rings (SSSR count). The highest BCUT2D eigenvalue weighted by Gasteiger charge is 2.16. The Morgan fingerprint density at radius 2 is 1.68 bits per heavy atom. The predicted octanol–water partition coefficient (Wildman–Crippen LogP) is 1.55. The number of carbonyl (C=O) groups excluding carboxylic acids is 2. The van der Waals surface area contributed by atoms with Gasteiger partial charge in [0.05, 0.1) is 17.9 Å². The Hall–Kier alpha value is -2.19. The summed E-state index contributed by atoms with van der Waals surface area (Å²) in [5.41, 5.74) is 0.658. The number of hydrogen-bond acceptors (Lipinski definition) is 6. The predicted molar refractivity (Wildman–Crippen MR) is 93.0 cm³/mol. The monoisotopic (exact) mass is 369 g/mol. The molecule has 8 heteroatoms. The zero-order valence-corrected chi connectivity index (χ0v) is 15.3. The fourth-order valence-electron chi connectivity index (χ4n) is 1.84. The van der Waals surface area contributed by atoms with Crippen LogP contribution in [0.4, 0.5) is 0 Å². The Kier molecular flexibility index (Phi) is 8.30. The first-order valence-corrected chi connectivity index (χ1v) is 9.42. The molecule has 0 aromatic heterocycles. The molecule has 0 saturated carbocycles. The lowest BCUT2D eigenvalue weighted by molar-refractivity contribution is -0.143. The maximum Gasteiger partial charge on any atom is 0.331 e. The summed E-state index contributed by atoms with van der Waals surface area (Å²) < 4.78 is 36.2. The Balaban J connectivity index is 2.41. The fourth-order valence-corrected chi connectivity index (χ4v) is 3.23. The van der Waals surface area contributed by atoms with Gasteiger partial charge in [-0.3, -0.25) is 0 Å². The van der Waals surface area contributed by atoms with Crippen LogP contribution in [0.3, 0.4) is 0 Å². The van der Waals surface area contributed by atoms with Gasteiger partial charge in [0, 0.05) is 12.2 Å². The average molecular weight is 369 g/mol. The van der Waals surface area contributed by atoms with E-state index in [1.165, 1.54) is 0 Å². The van der Waals surface area contributed by atoms with Gasteiger partial charge in [0.1, 0.15) is 6.61 Å². The molecule has 0 aliphatic carbocycles. The van der Waals surface area contributed by atoms with Gasteiger partial charge in [-0.05, 0) is 26.3 Å². The molecule has 7 nitrogen and oxygen atoms in total. The van der Waals surface area contributed by atoms with Crippen molar-refractivity contribution in [3.8, 4) is 0 Å². The summed E-state index contributed by atoms with van der Waals surface area (Å²) in [6.45, 7) is 4.80. The molecule has 1 unspecified atom stereocenters. The number of sulfonamides is 1. The van der Waals surface area contributed by atoms with E-state index in [9.17, 15) is 18.0 Å². The van der Waals surface area contributed by atoms with Gasteiger partial charge in [0.2, 0.25) is 10.0 Å². The van der Waals surface area contributed by atoms with E-state index in [-0.39, 0.29) is 18.5 Å².